The van der Waals surface area contributed by atoms with Crippen LogP contribution < -0.4 is 15.2 Å². The highest BCUT2D eigenvalue weighted by Gasteiger charge is 2.07. The summed E-state index contributed by atoms with van der Waals surface area (Å²) < 4.78 is 7.57. The lowest BCUT2D eigenvalue weighted by atomic mass is 10.2. The van der Waals surface area contributed by atoms with Gasteiger partial charge in [-0.15, -0.1) is 0 Å². The smallest absolute Gasteiger partial charge is 0.269 e. The van der Waals surface area contributed by atoms with Gasteiger partial charge in [0.2, 0.25) is 0 Å². The van der Waals surface area contributed by atoms with Gasteiger partial charge < -0.3 is 9.64 Å². The Morgan fingerprint density at radius 2 is 2.14 bits per heavy atom. The zero-order valence-electron chi connectivity index (χ0n) is 12.3. The van der Waals surface area contributed by atoms with E-state index >= 15 is 0 Å². The molecular weight excluding hydrogens is 334 g/mol. The average Bonchev–Trinajstić information content (AvgIpc) is 2.50. The summed E-state index contributed by atoms with van der Waals surface area (Å²) in [5.41, 5.74) is 1.64. The molecule has 0 atom stereocenters. The first-order valence-electron chi connectivity index (χ1n) is 6.66. The molecular formula is C15H18BrN3O2. The molecule has 112 valence electrons. The largest absolute Gasteiger partial charge is 0.497 e. The Kier molecular flexibility index (Phi) is 5.01. The molecule has 0 radical (unpaired) electrons. The van der Waals surface area contributed by atoms with Crippen LogP contribution in [0.1, 0.15) is 12.5 Å². The fraction of sp³-hybridized carbons (Fsp3) is 0.333. The van der Waals surface area contributed by atoms with Gasteiger partial charge in [-0.05, 0) is 30.7 Å². The quantitative estimate of drug-likeness (QED) is 0.830. The number of hydrogen-bond acceptors (Lipinski definition) is 4. The number of benzene rings is 1. The zero-order chi connectivity index (χ0) is 15.4. The molecule has 0 aliphatic rings. The van der Waals surface area contributed by atoms with E-state index in [-0.39, 0.29) is 5.56 Å². The summed E-state index contributed by atoms with van der Waals surface area (Å²) in [4.78, 5) is 14.1. The zero-order valence-corrected chi connectivity index (χ0v) is 13.9. The molecule has 6 heteroatoms. The van der Waals surface area contributed by atoms with Gasteiger partial charge in [0.05, 0.1) is 25.5 Å². The molecule has 0 saturated heterocycles. The number of methoxy groups -OCH3 is 1. The van der Waals surface area contributed by atoms with E-state index in [0.29, 0.717) is 6.54 Å². The van der Waals surface area contributed by atoms with E-state index in [1.807, 2.05) is 37.1 Å². The van der Waals surface area contributed by atoms with Crippen LogP contribution in [0.2, 0.25) is 0 Å². The summed E-state index contributed by atoms with van der Waals surface area (Å²) >= 11 is 3.48. The molecule has 0 amide bonds. The predicted octanol–water partition coefficient (Wildman–Crippen LogP) is 2.52. The van der Waals surface area contributed by atoms with E-state index in [0.717, 1.165) is 28.0 Å². The normalized spacial score (nSPS) is 10.5. The summed E-state index contributed by atoms with van der Waals surface area (Å²) in [6.07, 6.45) is 1.71. The van der Waals surface area contributed by atoms with Crippen molar-refractivity contribution in [1.82, 2.24) is 9.78 Å². The number of ether oxygens (including phenoxy) is 1. The molecule has 1 aromatic carbocycles. The maximum absolute atomic E-state index is 12.2. The third kappa shape index (κ3) is 3.64. The van der Waals surface area contributed by atoms with Crippen LogP contribution in [0.4, 0.5) is 5.69 Å². The van der Waals surface area contributed by atoms with Crippen LogP contribution in [-0.2, 0) is 6.54 Å². The third-order valence-corrected chi connectivity index (χ3v) is 4.12. The van der Waals surface area contributed by atoms with Gasteiger partial charge in [0.1, 0.15) is 5.75 Å². The van der Waals surface area contributed by atoms with Gasteiger partial charge in [0.25, 0.3) is 5.56 Å². The number of hydrogen-bond donors (Lipinski definition) is 0. The number of aromatic nitrogens is 2. The summed E-state index contributed by atoms with van der Waals surface area (Å²) in [7, 11) is 3.55. The van der Waals surface area contributed by atoms with Crippen molar-refractivity contribution in [3.05, 3.63) is 50.9 Å². The van der Waals surface area contributed by atoms with Crippen molar-refractivity contribution in [2.45, 2.75) is 13.5 Å². The van der Waals surface area contributed by atoms with E-state index in [4.69, 9.17) is 4.74 Å². The van der Waals surface area contributed by atoms with E-state index in [1.54, 1.807) is 19.4 Å². The predicted molar refractivity (Wildman–Crippen MR) is 87.2 cm³/mol. The second kappa shape index (κ2) is 6.76. The highest BCUT2D eigenvalue weighted by molar-refractivity contribution is 9.10. The lowest BCUT2D eigenvalue weighted by Crippen LogP contribution is -2.26. The van der Waals surface area contributed by atoms with Gasteiger partial charge >= 0.3 is 0 Å². The van der Waals surface area contributed by atoms with Gasteiger partial charge in [-0.3, -0.25) is 4.79 Å². The molecule has 2 rings (SSSR count). The summed E-state index contributed by atoms with van der Waals surface area (Å²) in [5, 5.41) is 4.24. The molecule has 0 spiro atoms. The summed E-state index contributed by atoms with van der Waals surface area (Å²) in [6.45, 7) is 3.25. The minimum Gasteiger partial charge on any atom is -0.497 e. The molecule has 0 N–H and O–H groups in total. The fourth-order valence-electron chi connectivity index (χ4n) is 1.89. The maximum atomic E-state index is 12.2. The monoisotopic (exact) mass is 351 g/mol. The molecule has 0 aliphatic heterocycles. The van der Waals surface area contributed by atoms with E-state index < -0.39 is 0 Å². The molecule has 0 bridgehead atoms. The molecule has 0 aliphatic carbocycles. The lowest BCUT2D eigenvalue weighted by Gasteiger charge is -2.16. The maximum Gasteiger partial charge on any atom is 0.269 e. The second-order valence-corrected chi connectivity index (χ2v) is 5.54. The number of anilines is 1. The fourth-order valence-corrected chi connectivity index (χ4v) is 2.27. The molecule has 0 saturated carbocycles. The van der Waals surface area contributed by atoms with Crippen molar-refractivity contribution < 1.29 is 4.74 Å². The Morgan fingerprint density at radius 1 is 1.38 bits per heavy atom. The van der Waals surface area contributed by atoms with Gasteiger partial charge in [-0.2, -0.15) is 5.10 Å². The van der Waals surface area contributed by atoms with Crippen molar-refractivity contribution in [3.63, 3.8) is 0 Å². The Bertz CT molecular complexity index is 685. The molecule has 2 aromatic rings. The van der Waals surface area contributed by atoms with Crippen LogP contribution >= 0.6 is 15.9 Å². The van der Waals surface area contributed by atoms with Crippen LogP contribution in [0.25, 0.3) is 0 Å². The van der Waals surface area contributed by atoms with E-state index in [9.17, 15) is 4.79 Å². The first-order valence-corrected chi connectivity index (χ1v) is 7.45. The second-order valence-electron chi connectivity index (χ2n) is 4.68. The first-order chi connectivity index (χ1) is 10.0. The highest BCUT2D eigenvalue weighted by Crippen LogP contribution is 2.22. The standard InChI is InChI=1S/C15H18BrN3O2/c1-4-18(2)12-8-15(20)19(17-9-12)10-11-7-13(21-3)5-6-14(11)16/h5-9H,4,10H2,1-3H3. The first kappa shape index (κ1) is 15.6. The van der Waals surface area contributed by atoms with E-state index in [2.05, 4.69) is 21.0 Å². The van der Waals surface area contributed by atoms with E-state index in [1.165, 1.54) is 4.68 Å². The summed E-state index contributed by atoms with van der Waals surface area (Å²) in [6, 6.07) is 7.26. The summed E-state index contributed by atoms with van der Waals surface area (Å²) in [5.74, 6) is 0.753. The molecule has 1 aromatic heterocycles. The lowest BCUT2D eigenvalue weighted by molar-refractivity contribution is 0.414. The average molecular weight is 352 g/mol. The molecule has 5 nitrogen and oxygen atoms in total. The van der Waals surface area contributed by atoms with Gasteiger partial charge in [-0.25, -0.2) is 4.68 Å². The van der Waals surface area contributed by atoms with Crippen LogP contribution in [0.3, 0.4) is 0 Å². The molecule has 21 heavy (non-hydrogen) atoms. The van der Waals surface area contributed by atoms with Gasteiger partial charge in [0.15, 0.2) is 0 Å². The van der Waals surface area contributed by atoms with Crippen molar-refractivity contribution in [1.29, 1.82) is 0 Å². The molecule has 0 unspecified atom stereocenters. The molecule has 1 heterocycles. The number of rotatable bonds is 5. The van der Waals surface area contributed by atoms with Crippen molar-refractivity contribution in [2.24, 2.45) is 0 Å². The van der Waals surface area contributed by atoms with Crippen molar-refractivity contribution in [3.8, 4) is 5.75 Å². The highest BCUT2D eigenvalue weighted by atomic mass is 79.9. The topological polar surface area (TPSA) is 47.4 Å². The molecule has 0 fully saturated rings. The minimum absolute atomic E-state index is 0.123. The minimum atomic E-state index is -0.123. The van der Waals surface area contributed by atoms with Crippen LogP contribution in [0, 0.1) is 0 Å². The third-order valence-electron chi connectivity index (χ3n) is 3.34. The number of halogens is 1. The van der Waals surface area contributed by atoms with Crippen LogP contribution in [-0.4, -0.2) is 30.5 Å². The van der Waals surface area contributed by atoms with Gasteiger partial charge in [-0.1, -0.05) is 15.9 Å². The van der Waals surface area contributed by atoms with Gasteiger partial charge in [0, 0.05) is 24.1 Å². The number of nitrogens with zero attached hydrogens (tertiary/aromatic N) is 3. The Balaban J connectivity index is 2.30. The van der Waals surface area contributed by atoms with Crippen molar-refractivity contribution in [2.75, 3.05) is 25.6 Å². The van der Waals surface area contributed by atoms with Crippen molar-refractivity contribution >= 4 is 21.6 Å². The van der Waals surface area contributed by atoms with Crippen LogP contribution in [0.15, 0.2) is 39.7 Å². The van der Waals surface area contributed by atoms with Crippen LogP contribution in [0.5, 0.6) is 5.75 Å². The Labute approximate surface area is 132 Å². The SMILES string of the molecule is CCN(C)c1cnn(Cc2cc(OC)ccc2Br)c(=O)c1. The Hall–Kier alpha value is -1.82. The Morgan fingerprint density at radius 3 is 2.76 bits per heavy atom.